The number of hydrogen-bond donors (Lipinski definition) is 1. The van der Waals surface area contributed by atoms with E-state index in [0.717, 1.165) is 16.7 Å². The number of nitrogens with one attached hydrogen (secondary N) is 1. The van der Waals surface area contributed by atoms with Crippen molar-refractivity contribution in [2.24, 2.45) is 0 Å². The molecule has 1 atom stereocenters. The molecule has 0 radical (unpaired) electrons. The first-order valence-corrected chi connectivity index (χ1v) is 7.98. The van der Waals surface area contributed by atoms with Crippen molar-refractivity contribution in [2.45, 2.75) is 26.3 Å². The molecule has 2 aromatic rings. The molecule has 1 N–H and O–H groups in total. The van der Waals surface area contributed by atoms with Crippen LogP contribution in [-0.4, -0.2) is 25.0 Å². The number of halogens is 1. The first kappa shape index (κ1) is 18.0. The third-order valence-corrected chi connectivity index (χ3v) is 3.88. The summed E-state index contributed by atoms with van der Waals surface area (Å²) >= 11 is 5.87. The lowest BCUT2D eigenvalue weighted by molar-refractivity contribution is -0.142. The summed E-state index contributed by atoms with van der Waals surface area (Å²) in [6, 6.07) is 11.9. The molecule has 0 aromatic heterocycles. The van der Waals surface area contributed by atoms with Gasteiger partial charge in [0.2, 0.25) is 0 Å². The molecule has 0 heterocycles. The van der Waals surface area contributed by atoms with Gasteiger partial charge in [-0.25, -0.2) is 4.79 Å². The molecule has 0 saturated carbocycles. The molecule has 2 aromatic carbocycles. The standard InChI is InChI=1S/C19H20ClNO3/c1-12-8-13(2)10-15(9-12)18(22)21-17(19(23)24-3)11-14-4-6-16(20)7-5-14/h4-10,17H,11H2,1-3H3,(H,21,22)/t17-/m0/s1. The van der Waals surface area contributed by atoms with Gasteiger partial charge < -0.3 is 10.1 Å². The van der Waals surface area contributed by atoms with E-state index in [1.54, 1.807) is 24.3 Å². The summed E-state index contributed by atoms with van der Waals surface area (Å²) in [6.07, 6.45) is 0.334. The maximum Gasteiger partial charge on any atom is 0.328 e. The lowest BCUT2D eigenvalue weighted by Crippen LogP contribution is -2.43. The van der Waals surface area contributed by atoms with Crippen molar-refractivity contribution in [2.75, 3.05) is 7.11 Å². The van der Waals surface area contributed by atoms with Crippen molar-refractivity contribution in [1.29, 1.82) is 0 Å². The van der Waals surface area contributed by atoms with Gasteiger partial charge in [-0.3, -0.25) is 4.79 Å². The van der Waals surface area contributed by atoms with Crippen molar-refractivity contribution in [3.8, 4) is 0 Å². The molecule has 2 rings (SSSR count). The molecule has 0 bridgehead atoms. The van der Waals surface area contributed by atoms with Gasteiger partial charge in [0.15, 0.2) is 0 Å². The van der Waals surface area contributed by atoms with Crippen LogP contribution in [0, 0.1) is 13.8 Å². The predicted molar refractivity (Wildman–Crippen MR) is 94.3 cm³/mol. The summed E-state index contributed by atoms with van der Waals surface area (Å²) in [5.41, 5.74) is 3.40. The number of esters is 1. The van der Waals surface area contributed by atoms with E-state index >= 15 is 0 Å². The van der Waals surface area contributed by atoms with Crippen LogP contribution in [-0.2, 0) is 16.0 Å². The summed E-state index contributed by atoms with van der Waals surface area (Å²) in [7, 11) is 1.31. The molecule has 1 amide bonds. The van der Waals surface area contributed by atoms with Gasteiger partial charge in [0.05, 0.1) is 7.11 Å². The molecule has 0 aliphatic heterocycles. The number of benzene rings is 2. The van der Waals surface area contributed by atoms with Crippen LogP contribution in [0.5, 0.6) is 0 Å². The number of rotatable bonds is 5. The van der Waals surface area contributed by atoms with Gasteiger partial charge in [0.25, 0.3) is 5.91 Å². The van der Waals surface area contributed by atoms with Crippen LogP contribution in [0.25, 0.3) is 0 Å². The minimum absolute atomic E-state index is 0.300. The largest absolute Gasteiger partial charge is 0.467 e. The Morgan fingerprint density at radius 2 is 1.67 bits per heavy atom. The molecule has 0 saturated heterocycles. The average Bonchev–Trinajstić information content (AvgIpc) is 2.54. The number of hydrogen-bond acceptors (Lipinski definition) is 3. The molecule has 24 heavy (non-hydrogen) atoms. The van der Waals surface area contributed by atoms with E-state index in [-0.39, 0.29) is 5.91 Å². The Morgan fingerprint density at radius 3 is 2.21 bits per heavy atom. The van der Waals surface area contributed by atoms with Gasteiger partial charge >= 0.3 is 5.97 Å². The summed E-state index contributed by atoms with van der Waals surface area (Å²) in [4.78, 5) is 24.5. The van der Waals surface area contributed by atoms with Crippen LogP contribution in [0.15, 0.2) is 42.5 Å². The van der Waals surface area contributed by atoms with Crippen molar-refractivity contribution in [1.82, 2.24) is 5.32 Å². The fourth-order valence-corrected chi connectivity index (χ4v) is 2.67. The fraction of sp³-hybridized carbons (Fsp3) is 0.263. The molecule has 5 heteroatoms. The van der Waals surface area contributed by atoms with E-state index in [1.807, 2.05) is 32.0 Å². The minimum atomic E-state index is -0.760. The van der Waals surface area contributed by atoms with Crippen LogP contribution in [0.3, 0.4) is 0 Å². The Balaban J connectivity index is 2.17. The van der Waals surface area contributed by atoms with E-state index in [2.05, 4.69) is 5.32 Å². The Bertz CT molecular complexity index is 721. The van der Waals surface area contributed by atoms with E-state index in [9.17, 15) is 9.59 Å². The normalized spacial score (nSPS) is 11.7. The van der Waals surface area contributed by atoms with Crippen LogP contribution in [0.1, 0.15) is 27.0 Å². The zero-order chi connectivity index (χ0) is 17.7. The Labute approximate surface area is 146 Å². The second kappa shape index (κ2) is 7.97. The fourth-order valence-electron chi connectivity index (χ4n) is 2.54. The molecular formula is C19H20ClNO3. The highest BCUT2D eigenvalue weighted by Gasteiger charge is 2.22. The number of carbonyl (C=O) groups excluding carboxylic acids is 2. The van der Waals surface area contributed by atoms with Gasteiger partial charge in [0.1, 0.15) is 6.04 Å². The summed E-state index contributed by atoms with van der Waals surface area (Å²) in [5.74, 6) is -0.783. The Hall–Kier alpha value is -2.33. The van der Waals surface area contributed by atoms with Gasteiger partial charge in [-0.1, -0.05) is 40.9 Å². The van der Waals surface area contributed by atoms with Gasteiger partial charge in [0, 0.05) is 17.0 Å². The molecule has 0 aliphatic rings. The van der Waals surface area contributed by atoms with Crippen LogP contribution < -0.4 is 5.32 Å². The highest BCUT2D eigenvalue weighted by molar-refractivity contribution is 6.30. The number of carbonyl (C=O) groups is 2. The lowest BCUT2D eigenvalue weighted by Gasteiger charge is -2.17. The third-order valence-electron chi connectivity index (χ3n) is 3.63. The summed E-state index contributed by atoms with van der Waals surface area (Å²) < 4.78 is 4.81. The smallest absolute Gasteiger partial charge is 0.328 e. The lowest BCUT2D eigenvalue weighted by atomic mass is 10.0. The van der Waals surface area contributed by atoms with Gasteiger partial charge in [-0.05, 0) is 43.7 Å². The number of methoxy groups -OCH3 is 1. The number of aryl methyl sites for hydroxylation is 2. The van der Waals surface area contributed by atoms with E-state index in [1.165, 1.54) is 7.11 Å². The second-order valence-electron chi connectivity index (χ2n) is 5.76. The first-order chi connectivity index (χ1) is 11.4. The number of amides is 1. The van der Waals surface area contributed by atoms with E-state index in [4.69, 9.17) is 16.3 Å². The van der Waals surface area contributed by atoms with Crippen molar-refractivity contribution >= 4 is 23.5 Å². The van der Waals surface area contributed by atoms with Crippen LogP contribution in [0.4, 0.5) is 0 Å². The van der Waals surface area contributed by atoms with Crippen LogP contribution in [0.2, 0.25) is 5.02 Å². The zero-order valence-electron chi connectivity index (χ0n) is 13.9. The molecule has 0 spiro atoms. The second-order valence-corrected chi connectivity index (χ2v) is 6.19. The molecular weight excluding hydrogens is 326 g/mol. The maximum atomic E-state index is 12.5. The SMILES string of the molecule is COC(=O)[C@H](Cc1ccc(Cl)cc1)NC(=O)c1cc(C)cc(C)c1. The van der Waals surface area contributed by atoms with Gasteiger partial charge in [-0.15, -0.1) is 0 Å². The Kier molecular flexibility index (Phi) is 5.99. The third kappa shape index (κ3) is 4.83. The van der Waals surface area contributed by atoms with Gasteiger partial charge in [-0.2, -0.15) is 0 Å². The van der Waals surface area contributed by atoms with E-state index in [0.29, 0.717) is 17.0 Å². The maximum absolute atomic E-state index is 12.5. The molecule has 126 valence electrons. The molecule has 0 unspecified atom stereocenters. The monoisotopic (exact) mass is 345 g/mol. The minimum Gasteiger partial charge on any atom is -0.467 e. The first-order valence-electron chi connectivity index (χ1n) is 7.60. The topological polar surface area (TPSA) is 55.4 Å². The summed E-state index contributed by atoms with van der Waals surface area (Å²) in [6.45, 7) is 3.85. The van der Waals surface area contributed by atoms with Crippen molar-refractivity contribution in [3.05, 3.63) is 69.7 Å². The quantitative estimate of drug-likeness (QED) is 0.844. The highest BCUT2D eigenvalue weighted by atomic mass is 35.5. The number of ether oxygens (including phenoxy) is 1. The molecule has 0 aliphatic carbocycles. The van der Waals surface area contributed by atoms with E-state index < -0.39 is 12.0 Å². The predicted octanol–water partition coefficient (Wildman–Crippen LogP) is 3.47. The molecule has 0 fully saturated rings. The van der Waals surface area contributed by atoms with Crippen LogP contribution >= 0.6 is 11.6 Å². The zero-order valence-corrected chi connectivity index (χ0v) is 14.7. The Morgan fingerprint density at radius 1 is 1.08 bits per heavy atom. The summed E-state index contributed by atoms with van der Waals surface area (Å²) in [5, 5.41) is 3.37. The average molecular weight is 346 g/mol. The van der Waals surface area contributed by atoms with Crippen molar-refractivity contribution < 1.29 is 14.3 Å². The van der Waals surface area contributed by atoms with Crippen molar-refractivity contribution in [3.63, 3.8) is 0 Å². The molecule has 4 nitrogen and oxygen atoms in total. The highest BCUT2D eigenvalue weighted by Crippen LogP contribution is 2.13.